The molecule has 208 valence electrons. The number of carbonyl (C=O) groups is 4. The van der Waals surface area contributed by atoms with Gasteiger partial charge in [-0.1, -0.05) is 53.5 Å². The van der Waals surface area contributed by atoms with E-state index in [0.717, 1.165) is 19.3 Å². The van der Waals surface area contributed by atoms with Crippen molar-refractivity contribution in [3.8, 4) is 11.5 Å². The first-order chi connectivity index (χ1) is 17.5. The fourth-order valence-electron chi connectivity index (χ4n) is 3.08. The number of ether oxygens (including phenoxy) is 4. The molecule has 0 bridgehead atoms. The second kappa shape index (κ2) is 16.7. The summed E-state index contributed by atoms with van der Waals surface area (Å²) < 4.78 is 21.5. The van der Waals surface area contributed by atoms with Gasteiger partial charge >= 0.3 is 23.9 Å². The number of nitrogens with two attached hydrogens (primary N) is 1. The normalized spacial score (nSPS) is 14.1. The van der Waals surface area contributed by atoms with E-state index in [1.54, 1.807) is 26.8 Å². The van der Waals surface area contributed by atoms with Crippen molar-refractivity contribution in [2.24, 2.45) is 17.6 Å². The Balaban J connectivity index is 2.82. The Morgan fingerprint density at radius 2 is 1.43 bits per heavy atom. The third-order valence-corrected chi connectivity index (χ3v) is 5.99. The Labute approximate surface area is 220 Å². The first kappa shape index (κ1) is 32.1. The van der Waals surface area contributed by atoms with Crippen LogP contribution in [0.1, 0.15) is 85.6 Å². The molecule has 9 nitrogen and oxygen atoms in total. The molecule has 9 heteroatoms. The van der Waals surface area contributed by atoms with Crippen molar-refractivity contribution in [1.29, 1.82) is 0 Å². The van der Waals surface area contributed by atoms with E-state index >= 15 is 0 Å². The van der Waals surface area contributed by atoms with Crippen LogP contribution in [-0.4, -0.2) is 42.6 Å². The average molecular weight is 522 g/mol. The summed E-state index contributed by atoms with van der Waals surface area (Å²) in [6, 6.07) is 3.70. The van der Waals surface area contributed by atoms with E-state index in [4.69, 9.17) is 24.7 Å². The summed E-state index contributed by atoms with van der Waals surface area (Å²) in [6.45, 7) is 10.8. The number of hydrogen-bond acceptors (Lipinski definition) is 9. The monoisotopic (exact) mass is 521 g/mol. The lowest BCUT2D eigenvalue weighted by molar-refractivity contribution is -0.158. The van der Waals surface area contributed by atoms with E-state index in [2.05, 4.69) is 0 Å². The topological polar surface area (TPSA) is 131 Å². The number of carbonyl (C=O) groups excluding carboxylic acids is 4. The third kappa shape index (κ3) is 11.8. The fourth-order valence-corrected chi connectivity index (χ4v) is 3.08. The molecule has 1 aromatic carbocycles. The van der Waals surface area contributed by atoms with Crippen molar-refractivity contribution in [2.45, 2.75) is 98.6 Å². The summed E-state index contributed by atoms with van der Waals surface area (Å²) in [7, 11) is 0. The molecule has 4 atom stereocenters. The van der Waals surface area contributed by atoms with E-state index in [1.807, 2.05) is 20.8 Å². The predicted octanol–water partition coefficient (Wildman–Crippen LogP) is 4.51. The smallest absolute Gasteiger partial charge is 0.323 e. The minimum absolute atomic E-state index is 0.0867. The van der Waals surface area contributed by atoms with Gasteiger partial charge in [0.1, 0.15) is 18.8 Å². The van der Waals surface area contributed by atoms with Crippen molar-refractivity contribution < 1.29 is 38.1 Å². The number of hydrogen-bond donors (Lipinski definition) is 1. The van der Waals surface area contributed by atoms with Crippen LogP contribution in [0.2, 0.25) is 0 Å². The molecule has 0 radical (unpaired) electrons. The lowest BCUT2D eigenvalue weighted by atomic mass is 10.1. The lowest BCUT2D eigenvalue weighted by Crippen LogP contribution is -2.36. The van der Waals surface area contributed by atoms with Gasteiger partial charge in [-0.25, -0.2) is 0 Å². The van der Waals surface area contributed by atoms with Crippen LogP contribution in [0.15, 0.2) is 18.2 Å². The van der Waals surface area contributed by atoms with Gasteiger partial charge in [0.2, 0.25) is 0 Å². The summed E-state index contributed by atoms with van der Waals surface area (Å²) >= 11 is 0. The molecule has 0 saturated heterocycles. The van der Waals surface area contributed by atoms with E-state index in [9.17, 15) is 19.2 Å². The van der Waals surface area contributed by atoms with Crippen LogP contribution in [0, 0.1) is 11.8 Å². The van der Waals surface area contributed by atoms with Crippen molar-refractivity contribution in [2.75, 3.05) is 6.61 Å². The van der Waals surface area contributed by atoms with Crippen molar-refractivity contribution in [3.63, 3.8) is 0 Å². The van der Waals surface area contributed by atoms with Gasteiger partial charge in [0.05, 0.1) is 11.8 Å². The molecule has 0 heterocycles. The van der Waals surface area contributed by atoms with Gasteiger partial charge in [-0.05, 0) is 50.3 Å². The molecular weight excluding hydrogens is 478 g/mol. The molecule has 0 aliphatic carbocycles. The molecule has 37 heavy (non-hydrogen) atoms. The fraction of sp³-hybridized carbons (Fsp3) is 0.643. The number of esters is 4. The molecule has 0 aromatic heterocycles. The largest absolute Gasteiger partial charge is 0.461 e. The average Bonchev–Trinajstić information content (AvgIpc) is 2.87. The van der Waals surface area contributed by atoms with Gasteiger partial charge < -0.3 is 24.7 Å². The summed E-state index contributed by atoms with van der Waals surface area (Å²) in [6.07, 6.45) is 3.75. The maximum absolute atomic E-state index is 12.4. The van der Waals surface area contributed by atoms with Gasteiger partial charge in [0.15, 0.2) is 11.5 Å². The molecule has 2 N–H and O–H groups in total. The Morgan fingerprint density at radius 3 is 2.00 bits per heavy atom. The summed E-state index contributed by atoms with van der Waals surface area (Å²) in [5.74, 6) is -2.33. The van der Waals surface area contributed by atoms with Crippen LogP contribution < -0.4 is 15.2 Å². The lowest BCUT2D eigenvalue weighted by Gasteiger charge is -2.17. The van der Waals surface area contributed by atoms with Crippen molar-refractivity contribution in [1.82, 2.24) is 0 Å². The second-order valence-electron chi connectivity index (χ2n) is 9.44. The Morgan fingerprint density at radius 1 is 0.838 bits per heavy atom. The minimum Gasteiger partial charge on any atom is -0.461 e. The molecule has 2 unspecified atom stereocenters. The van der Waals surface area contributed by atoms with Gasteiger partial charge in [-0.3, -0.25) is 19.2 Å². The van der Waals surface area contributed by atoms with E-state index in [0.29, 0.717) is 24.8 Å². The third-order valence-electron chi connectivity index (χ3n) is 5.99. The Bertz CT molecular complexity index is 900. The number of rotatable bonds is 16. The Kier molecular flexibility index (Phi) is 14.5. The summed E-state index contributed by atoms with van der Waals surface area (Å²) in [5, 5.41) is 0. The van der Waals surface area contributed by atoms with E-state index in [1.165, 1.54) is 12.1 Å². The van der Waals surface area contributed by atoms with Gasteiger partial charge in [0, 0.05) is 6.42 Å². The van der Waals surface area contributed by atoms with Crippen LogP contribution in [0.5, 0.6) is 11.5 Å². The highest BCUT2D eigenvalue weighted by atomic mass is 16.6. The quantitative estimate of drug-likeness (QED) is 0.189. The zero-order valence-corrected chi connectivity index (χ0v) is 23.0. The molecule has 0 aliphatic heterocycles. The first-order valence-corrected chi connectivity index (χ1v) is 13.2. The second-order valence-corrected chi connectivity index (χ2v) is 9.44. The number of benzene rings is 1. The first-order valence-electron chi connectivity index (χ1n) is 13.2. The molecule has 0 amide bonds. The van der Waals surface area contributed by atoms with E-state index in [-0.39, 0.29) is 42.3 Å². The van der Waals surface area contributed by atoms with Crippen molar-refractivity contribution >= 4 is 23.9 Å². The predicted molar refractivity (Wildman–Crippen MR) is 139 cm³/mol. The zero-order chi connectivity index (χ0) is 28.0. The standard InChI is InChI=1S/C28H43NO8/c1-7-10-11-12-25(30)35-20(6)17-34-28(33)22(29)15-21-13-14-23(36-26(31)18(4)8-2)24(16-21)37-27(32)19(5)9-3/h13-14,16,18-20,22H,7-12,15,17,29H2,1-6H3/t18?,19?,20-,22-/m0/s1. The molecule has 1 rings (SSSR count). The van der Waals surface area contributed by atoms with Crippen LogP contribution in [-0.2, 0) is 35.1 Å². The molecule has 0 aliphatic rings. The molecule has 0 spiro atoms. The van der Waals surface area contributed by atoms with E-state index < -0.39 is 30.1 Å². The van der Waals surface area contributed by atoms with Gasteiger partial charge in [0.25, 0.3) is 0 Å². The summed E-state index contributed by atoms with van der Waals surface area (Å²) in [5.41, 5.74) is 6.63. The van der Waals surface area contributed by atoms with Gasteiger partial charge in [-0.15, -0.1) is 0 Å². The molecule has 0 saturated carbocycles. The maximum atomic E-state index is 12.4. The highest BCUT2D eigenvalue weighted by Gasteiger charge is 2.23. The zero-order valence-electron chi connectivity index (χ0n) is 23.0. The minimum atomic E-state index is -1.00. The van der Waals surface area contributed by atoms with Crippen molar-refractivity contribution in [3.05, 3.63) is 23.8 Å². The van der Waals surface area contributed by atoms with Crippen LogP contribution in [0.4, 0.5) is 0 Å². The maximum Gasteiger partial charge on any atom is 0.323 e. The Hall–Kier alpha value is -2.94. The van der Waals surface area contributed by atoms with Gasteiger partial charge in [-0.2, -0.15) is 0 Å². The summed E-state index contributed by atoms with van der Waals surface area (Å²) in [4.78, 5) is 49.0. The highest BCUT2D eigenvalue weighted by molar-refractivity contribution is 5.79. The van der Waals surface area contributed by atoms with Crippen LogP contribution in [0.25, 0.3) is 0 Å². The molecule has 1 aromatic rings. The van der Waals surface area contributed by atoms with Crippen LogP contribution >= 0.6 is 0 Å². The number of unbranched alkanes of at least 4 members (excludes halogenated alkanes) is 2. The molecule has 0 fully saturated rings. The SMILES string of the molecule is CCCCCC(=O)O[C@@H](C)COC(=O)[C@@H](N)Cc1ccc(OC(=O)C(C)CC)c(OC(=O)C(C)CC)c1. The van der Waals surface area contributed by atoms with Crippen LogP contribution in [0.3, 0.4) is 0 Å². The molecular formula is C28H43NO8. The highest BCUT2D eigenvalue weighted by Crippen LogP contribution is 2.31.